The fourth-order valence-corrected chi connectivity index (χ4v) is 6.83. The van der Waals surface area contributed by atoms with Gasteiger partial charge in [0.2, 0.25) is 29.1 Å². The second kappa shape index (κ2) is 14.6. The standard InChI is InChI=1S/C35H52N6O7/c1-8-11-22(26(43)31(46)36-20-16-17-20)38-30(45)25-21-13-9-12-19(21)18-41(25)33(48)28(35(5,6)7)40-32(47)27(34(2,3)4)39-29(44)23-14-10-15-24(42)37-23/h10,14-15,19-22,25,27-28H,8-9,11-13,16-18H2,1-7H3,(H,36,46)(H,37,42)(H,38,45)(H,39,44)(H,40,47)/t19?,21-,22-,25-,27+,28+/m0/s1. The van der Waals surface area contributed by atoms with Crippen molar-refractivity contribution in [3.8, 4) is 0 Å². The van der Waals surface area contributed by atoms with Crippen molar-refractivity contribution in [3.05, 3.63) is 34.2 Å². The number of carbonyl (C=O) groups is 6. The highest BCUT2D eigenvalue weighted by Gasteiger charge is 2.52. The van der Waals surface area contributed by atoms with Gasteiger partial charge in [0.05, 0.1) is 6.04 Å². The molecule has 13 heteroatoms. The Morgan fingerprint density at radius 1 is 0.896 bits per heavy atom. The van der Waals surface area contributed by atoms with E-state index in [-0.39, 0.29) is 30.0 Å². The highest BCUT2D eigenvalue weighted by Crippen LogP contribution is 2.43. The molecule has 0 radical (unpaired) electrons. The first-order valence-electron chi connectivity index (χ1n) is 17.2. The third-order valence-corrected chi connectivity index (χ3v) is 9.61. The van der Waals surface area contributed by atoms with Crippen LogP contribution in [0.5, 0.6) is 0 Å². The van der Waals surface area contributed by atoms with Gasteiger partial charge in [-0.3, -0.25) is 33.6 Å². The number of hydrogen-bond donors (Lipinski definition) is 5. The molecule has 5 amide bonds. The van der Waals surface area contributed by atoms with Gasteiger partial charge in [0.25, 0.3) is 11.8 Å². The fraction of sp³-hybridized carbons (Fsp3) is 0.686. The first kappa shape index (κ1) is 36.8. The van der Waals surface area contributed by atoms with Crippen molar-refractivity contribution in [3.63, 3.8) is 0 Å². The lowest BCUT2D eigenvalue weighted by Crippen LogP contribution is -2.63. The van der Waals surface area contributed by atoms with Crippen LogP contribution in [0.15, 0.2) is 23.0 Å². The molecule has 5 N–H and O–H groups in total. The minimum Gasteiger partial charge on any atom is -0.347 e. The van der Waals surface area contributed by atoms with Crippen LogP contribution in [-0.2, 0) is 24.0 Å². The largest absolute Gasteiger partial charge is 0.347 e. The number of Topliss-reactive ketones (excluding diaryl/α,β-unsaturated/α-hetero) is 1. The number of aromatic amines is 1. The topological polar surface area (TPSA) is 187 Å². The molecule has 264 valence electrons. The van der Waals surface area contributed by atoms with Crippen LogP contribution in [0.3, 0.4) is 0 Å². The van der Waals surface area contributed by atoms with E-state index in [4.69, 9.17) is 0 Å². The van der Waals surface area contributed by atoms with Crippen LogP contribution >= 0.6 is 0 Å². The predicted octanol–water partition coefficient (Wildman–Crippen LogP) is 1.81. The number of likely N-dealkylation sites (tertiary alicyclic amines) is 1. The van der Waals surface area contributed by atoms with Gasteiger partial charge in [-0.25, -0.2) is 0 Å². The Morgan fingerprint density at radius 2 is 1.56 bits per heavy atom. The molecule has 6 atom stereocenters. The highest BCUT2D eigenvalue weighted by atomic mass is 16.2. The molecule has 48 heavy (non-hydrogen) atoms. The molecule has 1 aliphatic heterocycles. The summed E-state index contributed by atoms with van der Waals surface area (Å²) in [6.07, 6.45) is 5.02. The number of fused-ring (bicyclic) bond motifs is 1. The van der Waals surface area contributed by atoms with E-state index in [1.54, 1.807) is 20.8 Å². The Hall–Kier alpha value is -4.03. The quantitative estimate of drug-likeness (QED) is 0.210. The van der Waals surface area contributed by atoms with Crippen LogP contribution < -0.4 is 26.8 Å². The zero-order valence-electron chi connectivity index (χ0n) is 29.2. The molecule has 3 aliphatic rings. The van der Waals surface area contributed by atoms with Crippen LogP contribution in [0.25, 0.3) is 0 Å². The normalized spacial score (nSPS) is 22.6. The molecule has 3 fully saturated rings. The molecule has 2 aliphatic carbocycles. The van der Waals surface area contributed by atoms with E-state index < -0.39 is 75.9 Å². The SMILES string of the molecule is CCC[C@H](NC(=O)[C@@H]1[C@H]2CCCC2CN1C(=O)[C@@H](NC(=O)[C@@H](NC(=O)c1cccc(=O)[nH]1)C(C)(C)C)C(C)(C)C)C(=O)C(=O)NC1CC1. The van der Waals surface area contributed by atoms with Crippen molar-refractivity contribution < 1.29 is 28.8 Å². The Kier molecular flexibility index (Phi) is 11.2. The lowest BCUT2D eigenvalue weighted by molar-refractivity contribution is -0.146. The van der Waals surface area contributed by atoms with E-state index in [0.29, 0.717) is 13.0 Å². The maximum atomic E-state index is 14.5. The van der Waals surface area contributed by atoms with E-state index >= 15 is 0 Å². The van der Waals surface area contributed by atoms with Gasteiger partial charge < -0.3 is 31.2 Å². The summed E-state index contributed by atoms with van der Waals surface area (Å²) >= 11 is 0. The van der Waals surface area contributed by atoms with Crippen molar-refractivity contribution >= 4 is 35.3 Å². The van der Waals surface area contributed by atoms with Gasteiger partial charge in [-0.05, 0) is 60.8 Å². The van der Waals surface area contributed by atoms with Crippen molar-refractivity contribution in [1.29, 1.82) is 0 Å². The van der Waals surface area contributed by atoms with Crippen molar-refractivity contribution in [2.75, 3.05) is 6.54 Å². The number of hydrogen-bond acceptors (Lipinski definition) is 7. The van der Waals surface area contributed by atoms with Crippen molar-refractivity contribution in [1.82, 2.24) is 31.2 Å². The maximum absolute atomic E-state index is 14.5. The summed E-state index contributed by atoms with van der Waals surface area (Å²) in [6.45, 7) is 13.0. The molecule has 13 nitrogen and oxygen atoms in total. The number of pyridine rings is 1. The molecule has 2 saturated carbocycles. The van der Waals surface area contributed by atoms with E-state index in [1.165, 1.54) is 23.1 Å². The molecule has 1 unspecified atom stereocenters. The molecule has 4 rings (SSSR count). The average Bonchev–Trinajstić information content (AvgIpc) is 3.56. The smallest absolute Gasteiger partial charge is 0.289 e. The molecule has 0 aromatic carbocycles. The Morgan fingerprint density at radius 3 is 2.15 bits per heavy atom. The highest BCUT2D eigenvalue weighted by molar-refractivity contribution is 6.38. The number of ketones is 1. The van der Waals surface area contributed by atoms with Crippen molar-refractivity contribution in [2.24, 2.45) is 22.7 Å². The zero-order chi connectivity index (χ0) is 35.6. The summed E-state index contributed by atoms with van der Waals surface area (Å²) in [6, 6.07) is 0.142. The van der Waals surface area contributed by atoms with Crippen molar-refractivity contribution in [2.45, 2.75) is 124 Å². The Labute approximate surface area is 282 Å². The molecule has 2 heterocycles. The maximum Gasteiger partial charge on any atom is 0.289 e. The number of rotatable bonds is 12. The second-order valence-electron chi connectivity index (χ2n) is 15.8. The molecular weight excluding hydrogens is 616 g/mol. The summed E-state index contributed by atoms with van der Waals surface area (Å²) in [4.78, 5) is 97.0. The van der Waals surface area contributed by atoms with Gasteiger partial charge in [-0.1, -0.05) is 67.4 Å². The van der Waals surface area contributed by atoms with Crippen LogP contribution in [0.4, 0.5) is 0 Å². The average molecular weight is 669 g/mol. The van der Waals surface area contributed by atoms with Crippen LogP contribution in [0.2, 0.25) is 0 Å². The number of H-pyrrole nitrogens is 1. The van der Waals surface area contributed by atoms with Gasteiger partial charge in [0, 0.05) is 18.7 Å². The third kappa shape index (κ3) is 8.70. The predicted molar refractivity (Wildman–Crippen MR) is 178 cm³/mol. The van der Waals surface area contributed by atoms with Gasteiger partial charge in [0.15, 0.2) is 0 Å². The first-order valence-corrected chi connectivity index (χ1v) is 17.2. The van der Waals surface area contributed by atoms with Crippen LogP contribution in [0, 0.1) is 22.7 Å². The van der Waals surface area contributed by atoms with Gasteiger partial charge in [0.1, 0.15) is 23.8 Å². The van der Waals surface area contributed by atoms with Crippen LogP contribution in [0.1, 0.15) is 104 Å². The monoisotopic (exact) mass is 668 g/mol. The summed E-state index contributed by atoms with van der Waals surface area (Å²) in [5.41, 5.74) is -2.03. The van der Waals surface area contributed by atoms with E-state index in [1.807, 2.05) is 27.7 Å². The van der Waals surface area contributed by atoms with Crippen LogP contribution in [-0.4, -0.2) is 82.0 Å². The summed E-state index contributed by atoms with van der Waals surface area (Å²) in [5.74, 6) is -3.55. The summed E-state index contributed by atoms with van der Waals surface area (Å²) in [5, 5.41) is 11.1. The molecule has 1 aromatic heterocycles. The van der Waals surface area contributed by atoms with Gasteiger partial charge in [-0.15, -0.1) is 0 Å². The summed E-state index contributed by atoms with van der Waals surface area (Å²) in [7, 11) is 0. The third-order valence-electron chi connectivity index (χ3n) is 9.61. The number of nitrogens with one attached hydrogen (secondary N) is 5. The number of nitrogens with zero attached hydrogens (tertiary/aromatic N) is 1. The molecule has 0 bridgehead atoms. The Bertz CT molecular complexity index is 1470. The lowest BCUT2D eigenvalue weighted by atomic mass is 9.82. The summed E-state index contributed by atoms with van der Waals surface area (Å²) < 4.78 is 0. The minimum atomic E-state index is -1.08. The molecular formula is C35H52N6O7. The minimum absolute atomic E-state index is 0.000248. The number of carbonyl (C=O) groups excluding carboxylic acids is 6. The second-order valence-corrected chi connectivity index (χ2v) is 15.8. The number of amides is 5. The fourth-order valence-electron chi connectivity index (χ4n) is 6.83. The Balaban J connectivity index is 1.56. The lowest BCUT2D eigenvalue weighted by Gasteiger charge is -2.38. The molecule has 0 spiro atoms. The molecule has 1 aromatic rings. The number of aromatic nitrogens is 1. The molecule has 1 saturated heterocycles. The van der Waals surface area contributed by atoms with Gasteiger partial charge in [-0.2, -0.15) is 0 Å². The first-order chi connectivity index (χ1) is 22.4. The van der Waals surface area contributed by atoms with E-state index in [0.717, 1.165) is 32.1 Å². The zero-order valence-corrected chi connectivity index (χ0v) is 29.2. The van der Waals surface area contributed by atoms with E-state index in [2.05, 4.69) is 26.3 Å². The van der Waals surface area contributed by atoms with Gasteiger partial charge >= 0.3 is 0 Å². The van der Waals surface area contributed by atoms with E-state index in [9.17, 15) is 33.6 Å².